The smallest absolute Gasteiger partial charge is 0.147 e. The lowest BCUT2D eigenvalue weighted by Crippen LogP contribution is -2.53. The van der Waals surface area contributed by atoms with Gasteiger partial charge in [0.1, 0.15) is 9.84 Å². The largest absolute Gasteiger partial charge is 0.325 e. The molecule has 1 aliphatic rings. The first-order valence-corrected chi connectivity index (χ1v) is 9.17. The van der Waals surface area contributed by atoms with E-state index >= 15 is 0 Å². The van der Waals surface area contributed by atoms with Crippen LogP contribution < -0.4 is 5.73 Å². The fraction of sp³-hybridized carbons (Fsp3) is 1.00. The summed E-state index contributed by atoms with van der Waals surface area (Å²) in [5.74, 6) is 2.06. The van der Waals surface area contributed by atoms with E-state index < -0.39 is 9.84 Å². The Labute approximate surface area is 112 Å². The third-order valence-corrected chi connectivity index (χ3v) is 5.43. The van der Waals surface area contributed by atoms with Crippen LogP contribution >= 0.6 is 0 Å². The summed E-state index contributed by atoms with van der Waals surface area (Å²) in [4.78, 5) is 0. The van der Waals surface area contributed by atoms with Crippen molar-refractivity contribution in [3.63, 3.8) is 0 Å². The van der Waals surface area contributed by atoms with E-state index in [0.717, 1.165) is 12.8 Å². The molecule has 1 saturated carbocycles. The number of rotatable bonds is 5. The predicted molar refractivity (Wildman–Crippen MR) is 77.2 cm³/mol. The molecule has 1 rings (SSSR count). The molecule has 0 aromatic rings. The van der Waals surface area contributed by atoms with Crippen LogP contribution in [0.2, 0.25) is 0 Å². The van der Waals surface area contributed by atoms with Crippen molar-refractivity contribution in [1.82, 2.24) is 0 Å². The fourth-order valence-corrected chi connectivity index (χ4v) is 4.27. The molecule has 0 aromatic carbocycles. The zero-order valence-electron chi connectivity index (χ0n) is 12.3. The van der Waals surface area contributed by atoms with Gasteiger partial charge in [-0.2, -0.15) is 0 Å². The van der Waals surface area contributed by atoms with Crippen LogP contribution in [0.15, 0.2) is 0 Å². The first kappa shape index (κ1) is 16.0. The molecule has 0 heterocycles. The van der Waals surface area contributed by atoms with Gasteiger partial charge in [-0.05, 0) is 43.4 Å². The average molecular weight is 275 g/mol. The van der Waals surface area contributed by atoms with Gasteiger partial charge < -0.3 is 5.73 Å². The van der Waals surface area contributed by atoms with Gasteiger partial charge >= 0.3 is 0 Å². The monoisotopic (exact) mass is 275 g/mol. The first-order chi connectivity index (χ1) is 8.14. The second-order valence-electron chi connectivity index (χ2n) is 6.70. The van der Waals surface area contributed by atoms with Gasteiger partial charge in [0.15, 0.2) is 0 Å². The number of nitrogens with two attached hydrogens (primary N) is 1. The lowest BCUT2D eigenvalue weighted by atomic mass is 9.64. The molecule has 1 aliphatic carbocycles. The van der Waals surface area contributed by atoms with Gasteiger partial charge in [0.05, 0.1) is 0 Å². The van der Waals surface area contributed by atoms with Crippen LogP contribution in [-0.4, -0.2) is 26.0 Å². The van der Waals surface area contributed by atoms with Crippen molar-refractivity contribution in [1.29, 1.82) is 0 Å². The van der Waals surface area contributed by atoms with Crippen LogP contribution in [0.25, 0.3) is 0 Å². The van der Waals surface area contributed by atoms with E-state index in [1.807, 2.05) is 0 Å². The van der Waals surface area contributed by atoms with Crippen LogP contribution in [0.3, 0.4) is 0 Å². The van der Waals surface area contributed by atoms with Gasteiger partial charge in [-0.25, -0.2) is 8.42 Å². The predicted octanol–water partition coefficient (Wildman–Crippen LogP) is 2.60. The first-order valence-electron chi connectivity index (χ1n) is 7.10. The Bertz CT molecular complexity index is 364. The summed E-state index contributed by atoms with van der Waals surface area (Å²) >= 11 is 0. The zero-order valence-corrected chi connectivity index (χ0v) is 13.1. The highest BCUT2D eigenvalue weighted by Gasteiger charge is 2.40. The van der Waals surface area contributed by atoms with E-state index in [9.17, 15) is 8.42 Å². The molecular weight excluding hydrogens is 246 g/mol. The molecule has 0 saturated heterocycles. The molecule has 0 amide bonds. The molecule has 0 spiro atoms. The third-order valence-electron chi connectivity index (χ3n) is 4.40. The van der Waals surface area contributed by atoms with Crippen molar-refractivity contribution in [2.24, 2.45) is 23.5 Å². The van der Waals surface area contributed by atoms with Crippen LogP contribution in [0, 0.1) is 17.8 Å². The summed E-state index contributed by atoms with van der Waals surface area (Å²) < 4.78 is 22.4. The van der Waals surface area contributed by atoms with Crippen LogP contribution in [-0.2, 0) is 9.84 Å². The Hall–Kier alpha value is -0.0900. The second-order valence-corrected chi connectivity index (χ2v) is 8.96. The maximum absolute atomic E-state index is 11.2. The van der Waals surface area contributed by atoms with E-state index in [0.29, 0.717) is 24.2 Å². The number of hydrogen-bond acceptors (Lipinski definition) is 3. The third kappa shape index (κ3) is 4.54. The molecule has 0 bridgehead atoms. The minimum atomic E-state index is -2.86. The molecule has 108 valence electrons. The molecule has 0 aromatic heterocycles. The van der Waals surface area contributed by atoms with Gasteiger partial charge in [0.2, 0.25) is 0 Å². The minimum Gasteiger partial charge on any atom is -0.325 e. The summed E-state index contributed by atoms with van der Waals surface area (Å²) in [5, 5.41) is 0. The summed E-state index contributed by atoms with van der Waals surface area (Å²) in [7, 11) is -2.86. The van der Waals surface area contributed by atoms with E-state index in [2.05, 4.69) is 20.8 Å². The fourth-order valence-electron chi connectivity index (χ4n) is 3.60. The van der Waals surface area contributed by atoms with Crippen LogP contribution in [0.4, 0.5) is 0 Å². The zero-order chi connectivity index (χ0) is 14.0. The molecule has 4 heteroatoms. The molecule has 3 unspecified atom stereocenters. The molecule has 1 fully saturated rings. The van der Waals surface area contributed by atoms with Crippen molar-refractivity contribution < 1.29 is 8.42 Å². The maximum atomic E-state index is 11.2. The van der Waals surface area contributed by atoms with Crippen molar-refractivity contribution in [3.8, 4) is 0 Å². The van der Waals surface area contributed by atoms with Gasteiger partial charge in [-0.3, -0.25) is 0 Å². The Morgan fingerprint density at radius 2 is 1.94 bits per heavy atom. The lowest BCUT2D eigenvalue weighted by Gasteiger charge is -2.46. The average Bonchev–Trinajstić information content (AvgIpc) is 2.13. The highest BCUT2D eigenvalue weighted by Crippen LogP contribution is 2.41. The summed E-state index contributed by atoms with van der Waals surface area (Å²) in [6.07, 6.45) is 6.33. The normalized spacial score (nSPS) is 33.9. The van der Waals surface area contributed by atoms with Crippen molar-refractivity contribution in [2.45, 2.75) is 58.4 Å². The highest BCUT2D eigenvalue weighted by atomic mass is 32.2. The summed E-state index contributed by atoms with van der Waals surface area (Å²) in [6, 6.07) is 0. The quantitative estimate of drug-likeness (QED) is 0.839. The molecular formula is C14H29NO2S. The molecule has 3 atom stereocenters. The topological polar surface area (TPSA) is 60.2 Å². The molecule has 18 heavy (non-hydrogen) atoms. The number of sulfone groups is 1. The standard InChI is InChI=1S/C14H29NO2S/c1-11(2)13-7-6-12(3)10-14(13,15)8-5-9-18(4,16)17/h11-13H,5-10,15H2,1-4H3. The Balaban J connectivity index is 2.66. The molecule has 0 aliphatic heterocycles. The second kappa shape index (κ2) is 5.91. The Morgan fingerprint density at radius 3 is 2.44 bits per heavy atom. The lowest BCUT2D eigenvalue weighted by molar-refractivity contribution is 0.101. The summed E-state index contributed by atoms with van der Waals surface area (Å²) in [6.45, 7) is 6.73. The van der Waals surface area contributed by atoms with E-state index in [-0.39, 0.29) is 11.3 Å². The summed E-state index contributed by atoms with van der Waals surface area (Å²) in [5.41, 5.74) is 6.47. The molecule has 2 N–H and O–H groups in total. The van der Waals surface area contributed by atoms with Crippen molar-refractivity contribution in [2.75, 3.05) is 12.0 Å². The maximum Gasteiger partial charge on any atom is 0.147 e. The SMILES string of the molecule is CC1CCC(C(C)C)C(N)(CCCS(C)(=O)=O)C1. The molecule has 3 nitrogen and oxygen atoms in total. The van der Waals surface area contributed by atoms with E-state index in [4.69, 9.17) is 5.73 Å². The van der Waals surface area contributed by atoms with Crippen molar-refractivity contribution in [3.05, 3.63) is 0 Å². The van der Waals surface area contributed by atoms with Crippen molar-refractivity contribution >= 4 is 9.84 Å². The highest BCUT2D eigenvalue weighted by molar-refractivity contribution is 7.90. The van der Waals surface area contributed by atoms with E-state index in [1.165, 1.54) is 19.1 Å². The Morgan fingerprint density at radius 1 is 1.33 bits per heavy atom. The minimum absolute atomic E-state index is 0.156. The van der Waals surface area contributed by atoms with Gasteiger partial charge in [0, 0.05) is 17.5 Å². The van der Waals surface area contributed by atoms with Gasteiger partial charge in [-0.15, -0.1) is 0 Å². The Kier molecular flexibility index (Phi) is 5.24. The van der Waals surface area contributed by atoms with E-state index in [1.54, 1.807) is 0 Å². The van der Waals surface area contributed by atoms with Crippen LogP contribution in [0.5, 0.6) is 0 Å². The van der Waals surface area contributed by atoms with Gasteiger partial charge in [0.25, 0.3) is 0 Å². The number of hydrogen-bond donors (Lipinski definition) is 1. The van der Waals surface area contributed by atoms with Gasteiger partial charge in [-0.1, -0.05) is 27.2 Å². The molecule has 0 radical (unpaired) electrons. The van der Waals surface area contributed by atoms with Crippen LogP contribution in [0.1, 0.15) is 52.9 Å².